The SMILES string of the molecule is Cc1ccc(-n2nnc(C(=O)Nc3ccc(C(C)C)cc3)c2CSc2ncccn2)cc1. The van der Waals surface area contributed by atoms with Crippen LogP contribution in [-0.2, 0) is 5.75 Å². The molecule has 0 unspecified atom stereocenters. The Bertz CT molecular complexity index is 1190. The molecule has 2 aromatic heterocycles. The van der Waals surface area contributed by atoms with Gasteiger partial charge in [0.2, 0.25) is 0 Å². The maximum absolute atomic E-state index is 13.1. The van der Waals surface area contributed by atoms with Crippen LogP contribution in [0.15, 0.2) is 72.1 Å². The molecule has 0 bridgehead atoms. The third kappa shape index (κ3) is 5.03. The molecular weight excluding hydrogens is 420 g/mol. The molecule has 2 aromatic carbocycles. The highest BCUT2D eigenvalue weighted by Crippen LogP contribution is 2.24. The number of thioether (sulfide) groups is 1. The van der Waals surface area contributed by atoms with E-state index in [0.717, 1.165) is 11.3 Å². The molecule has 4 aromatic rings. The number of rotatable bonds is 7. The molecule has 162 valence electrons. The van der Waals surface area contributed by atoms with Crippen molar-refractivity contribution >= 4 is 23.4 Å². The van der Waals surface area contributed by atoms with Crippen LogP contribution in [0.2, 0.25) is 0 Å². The molecule has 0 aliphatic rings. The van der Waals surface area contributed by atoms with E-state index in [-0.39, 0.29) is 11.6 Å². The molecule has 0 spiro atoms. The van der Waals surface area contributed by atoms with Crippen LogP contribution in [0.3, 0.4) is 0 Å². The van der Waals surface area contributed by atoms with Gasteiger partial charge in [0.25, 0.3) is 5.91 Å². The van der Waals surface area contributed by atoms with Gasteiger partial charge in [0.15, 0.2) is 10.9 Å². The number of hydrogen-bond acceptors (Lipinski definition) is 6. The Morgan fingerprint density at radius 1 is 1.03 bits per heavy atom. The number of nitrogens with one attached hydrogen (secondary N) is 1. The summed E-state index contributed by atoms with van der Waals surface area (Å²) in [5, 5.41) is 12.1. The zero-order valence-electron chi connectivity index (χ0n) is 18.2. The standard InChI is InChI=1S/C24H24N6OS/c1-16(2)18-7-9-19(10-8-18)27-23(31)22-21(15-32-24-25-13-4-14-26-24)30(29-28-22)20-11-5-17(3)6-12-20/h4-14,16H,15H2,1-3H3,(H,27,31). The average Bonchev–Trinajstić information content (AvgIpc) is 3.23. The largest absolute Gasteiger partial charge is 0.321 e. The van der Waals surface area contributed by atoms with Gasteiger partial charge in [0.1, 0.15) is 0 Å². The van der Waals surface area contributed by atoms with Gasteiger partial charge in [0, 0.05) is 23.8 Å². The Kier molecular flexibility index (Phi) is 6.61. The van der Waals surface area contributed by atoms with Crippen molar-refractivity contribution in [2.45, 2.75) is 37.6 Å². The molecule has 2 heterocycles. The first-order valence-corrected chi connectivity index (χ1v) is 11.3. The molecule has 1 amide bonds. The summed E-state index contributed by atoms with van der Waals surface area (Å²) in [5.74, 6) is 0.572. The Morgan fingerprint density at radius 3 is 2.38 bits per heavy atom. The van der Waals surface area contributed by atoms with E-state index in [1.54, 1.807) is 23.1 Å². The van der Waals surface area contributed by atoms with E-state index in [2.05, 4.69) is 39.4 Å². The van der Waals surface area contributed by atoms with Crippen LogP contribution in [0.25, 0.3) is 5.69 Å². The Morgan fingerprint density at radius 2 is 1.72 bits per heavy atom. The lowest BCUT2D eigenvalue weighted by molar-refractivity contribution is 0.102. The van der Waals surface area contributed by atoms with Gasteiger partial charge in [-0.05, 0) is 48.7 Å². The first kappa shape index (κ1) is 21.7. The third-order valence-corrected chi connectivity index (χ3v) is 5.86. The van der Waals surface area contributed by atoms with Crippen molar-refractivity contribution in [1.29, 1.82) is 0 Å². The molecule has 0 fully saturated rings. The Hall–Kier alpha value is -3.52. The number of amides is 1. The summed E-state index contributed by atoms with van der Waals surface area (Å²) in [5.41, 5.74) is 4.88. The number of nitrogens with zero attached hydrogens (tertiary/aromatic N) is 5. The minimum Gasteiger partial charge on any atom is -0.321 e. The highest BCUT2D eigenvalue weighted by atomic mass is 32.2. The fraction of sp³-hybridized carbons (Fsp3) is 0.208. The van der Waals surface area contributed by atoms with Gasteiger partial charge in [-0.2, -0.15) is 0 Å². The smallest absolute Gasteiger partial charge is 0.278 e. The second kappa shape index (κ2) is 9.74. The van der Waals surface area contributed by atoms with Crippen LogP contribution in [0.1, 0.15) is 47.1 Å². The summed E-state index contributed by atoms with van der Waals surface area (Å²) < 4.78 is 1.70. The van der Waals surface area contributed by atoms with Crippen LogP contribution in [0.4, 0.5) is 5.69 Å². The molecule has 7 nitrogen and oxygen atoms in total. The van der Waals surface area contributed by atoms with Crippen molar-refractivity contribution < 1.29 is 4.79 Å². The highest BCUT2D eigenvalue weighted by Gasteiger charge is 2.21. The molecule has 0 atom stereocenters. The number of anilines is 1. The van der Waals surface area contributed by atoms with Crippen LogP contribution in [-0.4, -0.2) is 30.9 Å². The van der Waals surface area contributed by atoms with Crippen LogP contribution < -0.4 is 5.32 Å². The normalized spacial score (nSPS) is 11.0. The van der Waals surface area contributed by atoms with Gasteiger partial charge in [-0.3, -0.25) is 4.79 Å². The molecule has 0 saturated heterocycles. The van der Waals surface area contributed by atoms with E-state index >= 15 is 0 Å². The van der Waals surface area contributed by atoms with E-state index in [1.807, 2.05) is 55.5 Å². The quantitative estimate of drug-likeness (QED) is 0.318. The van der Waals surface area contributed by atoms with Gasteiger partial charge in [-0.15, -0.1) is 5.10 Å². The predicted octanol–water partition coefficient (Wildman–Crippen LogP) is 5.03. The monoisotopic (exact) mass is 444 g/mol. The Balaban J connectivity index is 1.62. The lowest BCUT2D eigenvalue weighted by atomic mass is 10.0. The first-order chi connectivity index (χ1) is 15.5. The number of carbonyl (C=O) groups is 1. The molecule has 1 N–H and O–H groups in total. The van der Waals surface area contributed by atoms with Gasteiger partial charge < -0.3 is 5.32 Å². The summed E-state index contributed by atoms with van der Waals surface area (Å²) in [6.07, 6.45) is 3.39. The van der Waals surface area contributed by atoms with Crippen molar-refractivity contribution in [2.24, 2.45) is 0 Å². The summed E-state index contributed by atoms with van der Waals surface area (Å²) >= 11 is 1.43. The molecule has 0 radical (unpaired) electrons. The fourth-order valence-corrected chi connectivity index (χ4v) is 3.93. The minimum atomic E-state index is -0.301. The second-order valence-electron chi connectivity index (χ2n) is 7.68. The lowest BCUT2D eigenvalue weighted by Crippen LogP contribution is -2.15. The number of hydrogen-bond donors (Lipinski definition) is 1. The zero-order valence-corrected chi connectivity index (χ0v) is 19.0. The average molecular weight is 445 g/mol. The molecular formula is C24H24N6OS. The van der Waals surface area contributed by atoms with Crippen molar-refractivity contribution in [3.8, 4) is 5.69 Å². The van der Waals surface area contributed by atoms with E-state index in [9.17, 15) is 4.79 Å². The molecule has 0 aliphatic heterocycles. The van der Waals surface area contributed by atoms with Gasteiger partial charge in [-0.1, -0.05) is 60.7 Å². The number of aryl methyl sites for hydroxylation is 1. The van der Waals surface area contributed by atoms with Gasteiger partial charge in [0.05, 0.1) is 11.4 Å². The van der Waals surface area contributed by atoms with Crippen molar-refractivity contribution in [3.63, 3.8) is 0 Å². The van der Waals surface area contributed by atoms with Crippen LogP contribution in [0.5, 0.6) is 0 Å². The maximum Gasteiger partial charge on any atom is 0.278 e. The van der Waals surface area contributed by atoms with Crippen molar-refractivity contribution in [2.75, 3.05) is 5.32 Å². The summed E-state index contributed by atoms with van der Waals surface area (Å²) in [6, 6.07) is 17.6. The molecule has 0 saturated carbocycles. The maximum atomic E-state index is 13.1. The number of benzene rings is 2. The van der Waals surface area contributed by atoms with Crippen LogP contribution >= 0.6 is 11.8 Å². The highest BCUT2D eigenvalue weighted by molar-refractivity contribution is 7.98. The van der Waals surface area contributed by atoms with Crippen molar-refractivity contribution in [3.05, 3.63) is 89.5 Å². The second-order valence-corrected chi connectivity index (χ2v) is 8.63. The van der Waals surface area contributed by atoms with E-state index < -0.39 is 0 Å². The number of carbonyl (C=O) groups excluding carboxylic acids is 1. The van der Waals surface area contributed by atoms with Gasteiger partial charge in [-0.25, -0.2) is 14.6 Å². The fourth-order valence-electron chi connectivity index (χ4n) is 3.14. The zero-order chi connectivity index (χ0) is 22.5. The molecule has 32 heavy (non-hydrogen) atoms. The van der Waals surface area contributed by atoms with Crippen molar-refractivity contribution in [1.82, 2.24) is 25.0 Å². The summed E-state index contributed by atoms with van der Waals surface area (Å²) in [6.45, 7) is 6.30. The van der Waals surface area contributed by atoms with Crippen LogP contribution in [0, 0.1) is 6.92 Å². The molecule has 8 heteroatoms. The summed E-state index contributed by atoms with van der Waals surface area (Å²) in [4.78, 5) is 21.6. The van der Waals surface area contributed by atoms with E-state index in [0.29, 0.717) is 28.2 Å². The van der Waals surface area contributed by atoms with E-state index in [4.69, 9.17) is 0 Å². The predicted molar refractivity (Wildman–Crippen MR) is 126 cm³/mol. The van der Waals surface area contributed by atoms with E-state index in [1.165, 1.54) is 17.3 Å². The molecule has 0 aliphatic carbocycles. The topological polar surface area (TPSA) is 85.6 Å². The lowest BCUT2D eigenvalue weighted by Gasteiger charge is -2.10. The third-order valence-electron chi connectivity index (χ3n) is 4.97. The number of aromatic nitrogens is 5. The summed E-state index contributed by atoms with van der Waals surface area (Å²) in [7, 11) is 0. The Labute approximate surface area is 191 Å². The van der Waals surface area contributed by atoms with Gasteiger partial charge >= 0.3 is 0 Å². The molecule has 4 rings (SSSR count). The first-order valence-electron chi connectivity index (χ1n) is 10.3. The minimum absolute atomic E-state index is 0.280.